The number of carboxylic acids is 1. The number of furan rings is 1. The first kappa shape index (κ1) is 13.1. The first-order valence-corrected chi connectivity index (χ1v) is 6.17. The first-order valence-electron chi connectivity index (χ1n) is 6.17. The van der Waals surface area contributed by atoms with Crippen molar-refractivity contribution in [3.63, 3.8) is 0 Å². The highest BCUT2D eigenvalue weighted by Crippen LogP contribution is 2.25. The number of carboxylic acid groups (broad SMARTS) is 1. The summed E-state index contributed by atoms with van der Waals surface area (Å²) in [5, 5.41) is 8.55. The van der Waals surface area contributed by atoms with E-state index in [1.54, 1.807) is 6.07 Å². The third-order valence-corrected chi connectivity index (χ3v) is 2.88. The van der Waals surface area contributed by atoms with Gasteiger partial charge in [0.15, 0.2) is 0 Å². The van der Waals surface area contributed by atoms with Gasteiger partial charge in [0.05, 0.1) is 0 Å². The molecule has 0 saturated carbocycles. The highest BCUT2D eigenvalue weighted by Gasteiger charge is 2.04. The second kappa shape index (κ2) is 5.57. The topological polar surface area (TPSA) is 50.4 Å². The second-order valence-corrected chi connectivity index (χ2v) is 4.65. The van der Waals surface area contributed by atoms with Crippen LogP contribution >= 0.6 is 0 Å². The van der Waals surface area contributed by atoms with Gasteiger partial charge >= 0.3 is 5.97 Å². The summed E-state index contributed by atoms with van der Waals surface area (Å²) >= 11 is 0. The maximum atomic E-state index is 10.4. The molecule has 0 spiro atoms. The summed E-state index contributed by atoms with van der Waals surface area (Å²) in [5.41, 5.74) is 2.26. The zero-order chi connectivity index (χ0) is 13.8. The van der Waals surface area contributed by atoms with Gasteiger partial charge in [0.25, 0.3) is 0 Å². The Kier molecular flexibility index (Phi) is 3.85. The van der Waals surface area contributed by atoms with E-state index in [9.17, 15) is 4.79 Å². The molecule has 0 saturated heterocycles. The van der Waals surface area contributed by atoms with E-state index < -0.39 is 5.97 Å². The van der Waals surface area contributed by atoms with Crippen molar-refractivity contribution in [3.05, 3.63) is 53.8 Å². The quantitative estimate of drug-likeness (QED) is 0.835. The van der Waals surface area contributed by atoms with E-state index in [0.29, 0.717) is 11.7 Å². The van der Waals surface area contributed by atoms with Crippen molar-refractivity contribution in [1.82, 2.24) is 0 Å². The molecule has 19 heavy (non-hydrogen) atoms. The summed E-state index contributed by atoms with van der Waals surface area (Å²) in [6.07, 6.45) is 2.50. The molecule has 0 bridgehead atoms. The van der Waals surface area contributed by atoms with E-state index in [1.165, 1.54) is 11.6 Å². The van der Waals surface area contributed by atoms with Crippen LogP contribution in [0.15, 0.2) is 46.9 Å². The fraction of sp³-hybridized carbons (Fsp3) is 0.188. The van der Waals surface area contributed by atoms with Gasteiger partial charge in [-0.1, -0.05) is 38.1 Å². The molecule has 3 nitrogen and oxygen atoms in total. The SMILES string of the molecule is CC(C)c1ccc(-c2ccc(/C=C/C(=O)O)o2)cc1. The molecule has 2 rings (SSSR count). The van der Waals surface area contributed by atoms with Crippen LogP contribution in [0.1, 0.15) is 31.1 Å². The van der Waals surface area contributed by atoms with Crippen LogP contribution in [0.2, 0.25) is 0 Å². The van der Waals surface area contributed by atoms with Crippen LogP contribution in [0.4, 0.5) is 0 Å². The molecule has 3 heteroatoms. The van der Waals surface area contributed by atoms with E-state index in [0.717, 1.165) is 17.4 Å². The molecule has 0 aliphatic carbocycles. The minimum absolute atomic E-state index is 0.500. The number of benzene rings is 1. The number of aliphatic carboxylic acids is 1. The van der Waals surface area contributed by atoms with Crippen molar-refractivity contribution in [3.8, 4) is 11.3 Å². The van der Waals surface area contributed by atoms with Crippen molar-refractivity contribution in [1.29, 1.82) is 0 Å². The lowest BCUT2D eigenvalue weighted by Crippen LogP contribution is -1.86. The summed E-state index contributed by atoms with van der Waals surface area (Å²) in [6.45, 7) is 4.30. The highest BCUT2D eigenvalue weighted by atomic mass is 16.4. The van der Waals surface area contributed by atoms with Gasteiger partial charge < -0.3 is 9.52 Å². The maximum Gasteiger partial charge on any atom is 0.328 e. The van der Waals surface area contributed by atoms with Gasteiger partial charge in [0.2, 0.25) is 0 Å². The summed E-state index contributed by atoms with van der Waals surface area (Å²) in [5.74, 6) is 0.782. The van der Waals surface area contributed by atoms with Crippen LogP contribution in [0.25, 0.3) is 17.4 Å². The molecule has 0 atom stereocenters. The lowest BCUT2D eigenvalue weighted by Gasteiger charge is -2.05. The third kappa shape index (κ3) is 3.35. The van der Waals surface area contributed by atoms with E-state index in [-0.39, 0.29) is 0 Å². The van der Waals surface area contributed by atoms with Crippen molar-refractivity contribution < 1.29 is 14.3 Å². The zero-order valence-corrected chi connectivity index (χ0v) is 11.0. The fourth-order valence-corrected chi connectivity index (χ4v) is 1.78. The lowest BCUT2D eigenvalue weighted by atomic mass is 10.0. The average molecular weight is 256 g/mol. The predicted molar refractivity (Wildman–Crippen MR) is 74.9 cm³/mol. The number of rotatable bonds is 4. The maximum absolute atomic E-state index is 10.4. The largest absolute Gasteiger partial charge is 0.478 e. The third-order valence-electron chi connectivity index (χ3n) is 2.88. The van der Waals surface area contributed by atoms with E-state index in [2.05, 4.69) is 26.0 Å². The predicted octanol–water partition coefficient (Wildman–Crippen LogP) is 4.17. The summed E-state index contributed by atoms with van der Waals surface area (Å²) in [7, 11) is 0. The smallest absolute Gasteiger partial charge is 0.328 e. The van der Waals surface area contributed by atoms with Crippen LogP contribution < -0.4 is 0 Å². The molecule has 0 aliphatic rings. The number of hydrogen-bond donors (Lipinski definition) is 1. The van der Waals surface area contributed by atoms with E-state index >= 15 is 0 Å². The van der Waals surface area contributed by atoms with Gasteiger partial charge in [-0.15, -0.1) is 0 Å². The van der Waals surface area contributed by atoms with Crippen molar-refractivity contribution >= 4 is 12.0 Å². The summed E-state index contributed by atoms with van der Waals surface area (Å²) in [6, 6.07) is 11.8. The van der Waals surface area contributed by atoms with Gasteiger partial charge in [-0.25, -0.2) is 4.79 Å². The van der Waals surface area contributed by atoms with Gasteiger partial charge in [-0.05, 0) is 29.7 Å². The fourth-order valence-electron chi connectivity index (χ4n) is 1.78. The Bertz CT molecular complexity index is 589. The summed E-state index contributed by atoms with van der Waals surface area (Å²) in [4.78, 5) is 10.4. The van der Waals surface area contributed by atoms with E-state index in [1.807, 2.05) is 18.2 Å². The molecule has 0 fully saturated rings. The summed E-state index contributed by atoms with van der Waals surface area (Å²) < 4.78 is 5.57. The second-order valence-electron chi connectivity index (χ2n) is 4.65. The van der Waals surface area contributed by atoms with Gasteiger partial charge in [-0.3, -0.25) is 0 Å². The highest BCUT2D eigenvalue weighted by molar-refractivity contribution is 5.84. The van der Waals surface area contributed by atoms with E-state index in [4.69, 9.17) is 9.52 Å². The Morgan fingerprint density at radius 1 is 1.16 bits per heavy atom. The minimum atomic E-state index is -0.987. The Balaban J connectivity index is 2.20. The molecule has 1 aromatic heterocycles. The van der Waals surface area contributed by atoms with Crippen LogP contribution in [0.5, 0.6) is 0 Å². The molecule has 2 aromatic rings. The van der Waals surface area contributed by atoms with Crippen LogP contribution in [0, 0.1) is 0 Å². The number of hydrogen-bond acceptors (Lipinski definition) is 2. The molecule has 1 N–H and O–H groups in total. The van der Waals surface area contributed by atoms with Crippen molar-refractivity contribution in [2.45, 2.75) is 19.8 Å². The zero-order valence-electron chi connectivity index (χ0n) is 11.0. The lowest BCUT2D eigenvalue weighted by molar-refractivity contribution is -0.131. The van der Waals surface area contributed by atoms with Crippen LogP contribution in [0.3, 0.4) is 0 Å². The number of carbonyl (C=O) groups is 1. The minimum Gasteiger partial charge on any atom is -0.478 e. The normalized spacial score (nSPS) is 11.3. The van der Waals surface area contributed by atoms with Gasteiger partial charge in [0, 0.05) is 11.6 Å². The molecule has 0 unspecified atom stereocenters. The Morgan fingerprint density at radius 3 is 2.42 bits per heavy atom. The Labute approximate surface area is 112 Å². The molecule has 1 aromatic carbocycles. The van der Waals surface area contributed by atoms with Crippen LogP contribution in [-0.4, -0.2) is 11.1 Å². The van der Waals surface area contributed by atoms with Crippen LogP contribution in [-0.2, 0) is 4.79 Å². The first-order chi connectivity index (χ1) is 9.06. The molecular formula is C16H16O3. The molecular weight excluding hydrogens is 240 g/mol. The van der Waals surface area contributed by atoms with Crippen molar-refractivity contribution in [2.75, 3.05) is 0 Å². The Hall–Kier alpha value is -2.29. The van der Waals surface area contributed by atoms with Crippen molar-refractivity contribution in [2.24, 2.45) is 0 Å². The van der Waals surface area contributed by atoms with Gasteiger partial charge in [-0.2, -0.15) is 0 Å². The molecule has 98 valence electrons. The Morgan fingerprint density at radius 2 is 1.84 bits per heavy atom. The average Bonchev–Trinajstić information content (AvgIpc) is 2.85. The molecule has 1 heterocycles. The standard InChI is InChI=1S/C16H16O3/c1-11(2)12-3-5-13(6-4-12)15-9-7-14(19-15)8-10-16(17)18/h3-11H,1-2H3,(H,17,18)/b10-8+. The monoisotopic (exact) mass is 256 g/mol. The molecule has 0 radical (unpaired) electrons. The molecule has 0 aliphatic heterocycles. The molecule has 0 amide bonds. The van der Waals surface area contributed by atoms with Gasteiger partial charge in [0.1, 0.15) is 11.5 Å².